The molecular weight excluding hydrogens is 344 g/mol. The first-order valence-electron chi connectivity index (χ1n) is 8.15. The number of nitrogens with one attached hydrogen (secondary N) is 1. The van der Waals surface area contributed by atoms with Gasteiger partial charge in [0, 0.05) is 11.9 Å². The lowest BCUT2D eigenvalue weighted by atomic mass is 10.1. The molecule has 1 amide bonds. The molecule has 25 heavy (non-hydrogen) atoms. The number of nitrogens with zero attached hydrogens (tertiary/aromatic N) is 1. The van der Waals surface area contributed by atoms with Crippen molar-refractivity contribution in [3.8, 4) is 5.75 Å². The van der Waals surface area contributed by atoms with E-state index < -0.39 is 16.1 Å². The maximum Gasteiger partial charge on any atom is 0.239 e. The summed E-state index contributed by atoms with van der Waals surface area (Å²) in [4.78, 5) is 12.5. The average molecular weight is 366 g/mol. The third kappa shape index (κ3) is 3.50. The lowest BCUT2D eigenvalue weighted by molar-refractivity contribution is -0.125. The average Bonchev–Trinajstić information content (AvgIpc) is 3.20. The van der Waals surface area contributed by atoms with Crippen LogP contribution in [-0.2, 0) is 14.8 Å². The third-order valence-corrected chi connectivity index (χ3v) is 5.75. The fourth-order valence-corrected chi connectivity index (χ4v) is 4.33. The first kappa shape index (κ1) is 17.8. The Balaban J connectivity index is 1.78. The van der Waals surface area contributed by atoms with Crippen LogP contribution < -0.4 is 10.1 Å². The number of amides is 1. The van der Waals surface area contributed by atoms with Gasteiger partial charge in [0.2, 0.25) is 15.9 Å². The molecule has 0 saturated carbocycles. The van der Waals surface area contributed by atoms with E-state index >= 15 is 0 Å². The van der Waals surface area contributed by atoms with Gasteiger partial charge >= 0.3 is 0 Å². The van der Waals surface area contributed by atoms with E-state index in [0.29, 0.717) is 36.5 Å². The number of fused-ring (bicyclic) bond motifs is 1. The minimum atomic E-state index is -3.39. The number of para-hydroxylation sites is 1. The number of methoxy groups -OCH3 is 1. The molecule has 3 rings (SSSR count). The Morgan fingerprint density at radius 1 is 1.44 bits per heavy atom. The van der Waals surface area contributed by atoms with Crippen molar-refractivity contribution in [3.05, 3.63) is 30.0 Å². The van der Waals surface area contributed by atoms with Gasteiger partial charge in [0.1, 0.15) is 11.8 Å². The van der Waals surface area contributed by atoms with Crippen LogP contribution in [0.1, 0.15) is 31.6 Å². The molecule has 2 aromatic rings. The number of carbonyl (C=O) groups excluding carboxylic acids is 1. The normalized spacial score (nSPS) is 19.9. The smallest absolute Gasteiger partial charge is 0.239 e. The van der Waals surface area contributed by atoms with Crippen LogP contribution in [0.25, 0.3) is 11.0 Å². The highest BCUT2D eigenvalue weighted by Crippen LogP contribution is 2.31. The molecule has 0 spiro atoms. The molecule has 1 aromatic carbocycles. The summed E-state index contributed by atoms with van der Waals surface area (Å²) in [5.41, 5.74) is 0.625. The Morgan fingerprint density at radius 3 is 2.88 bits per heavy atom. The topological polar surface area (TPSA) is 88.9 Å². The van der Waals surface area contributed by atoms with Crippen LogP contribution in [-0.4, -0.2) is 44.6 Å². The van der Waals surface area contributed by atoms with Gasteiger partial charge in [-0.15, -0.1) is 0 Å². The number of carbonyl (C=O) groups is 1. The zero-order valence-electron chi connectivity index (χ0n) is 14.5. The zero-order valence-corrected chi connectivity index (χ0v) is 15.3. The van der Waals surface area contributed by atoms with E-state index in [-0.39, 0.29) is 11.9 Å². The molecule has 1 N–H and O–H groups in total. The maximum absolute atomic E-state index is 12.5. The second-order valence-corrected chi connectivity index (χ2v) is 8.22. The molecule has 136 valence electrons. The zero-order chi connectivity index (χ0) is 18.2. The van der Waals surface area contributed by atoms with Crippen LogP contribution in [0.3, 0.4) is 0 Å². The second-order valence-electron chi connectivity index (χ2n) is 6.29. The second kappa shape index (κ2) is 6.68. The Kier molecular flexibility index (Phi) is 4.75. The first-order valence-corrected chi connectivity index (χ1v) is 9.99. The summed E-state index contributed by atoms with van der Waals surface area (Å²) in [5.74, 6) is 0.918. The molecule has 7 nitrogen and oxygen atoms in total. The van der Waals surface area contributed by atoms with E-state index in [1.54, 1.807) is 13.2 Å². The van der Waals surface area contributed by atoms with E-state index in [0.717, 1.165) is 11.6 Å². The standard InChI is InChI=1S/C17H22N2O5S/c1-11(15-10-12-6-4-8-14(23-2)16(12)24-15)18-17(20)13-7-5-9-19(13)25(3,21)22/h4,6,8,10-11,13H,5,7,9H2,1-3H3,(H,18,20)/t11-,13-/m1/s1. The number of benzene rings is 1. The molecule has 1 saturated heterocycles. The largest absolute Gasteiger partial charge is 0.493 e. The molecule has 0 aliphatic carbocycles. The van der Waals surface area contributed by atoms with Crippen molar-refractivity contribution in [1.82, 2.24) is 9.62 Å². The van der Waals surface area contributed by atoms with Crippen LogP contribution >= 0.6 is 0 Å². The fraction of sp³-hybridized carbons (Fsp3) is 0.471. The lowest BCUT2D eigenvalue weighted by Gasteiger charge is -2.22. The molecule has 0 unspecified atom stereocenters. The van der Waals surface area contributed by atoms with Gasteiger partial charge in [-0.3, -0.25) is 4.79 Å². The molecule has 1 fully saturated rings. The Hall–Kier alpha value is -2.06. The Labute approximate surface area is 147 Å². The lowest BCUT2D eigenvalue weighted by Crippen LogP contribution is -2.46. The highest BCUT2D eigenvalue weighted by Gasteiger charge is 2.37. The summed E-state index contributed by atoms with van der Waals surface area (Å²) in [7, 11) is -1.82. The molecule has 2 heterocycles. The molecule has 1 aliphatic heterocycles. The van der Waals surface area contributed by atoms with Crippen LogP contribution in [0.5, 0.6) is 5.75 Å². The van der Waals surface area contributed by atoms with E-state index in [9.17, 15) is 13.2 Å². The number of furan rings is 1. The summed E-state index contributed by atoms with van der Waals surface area (Å²) in [6, 6.07) is 6.39. The van der Waals surface area contributed by atoms with Crippen molar-refractivity contribution in [1.29, 1.82) is 0 Å². The van der Waals surface area contributed by atoms with Gasteiger partial charge in [-0.1, -0.05) is 12.1 Å². The molecule has 1 aromatic heterocycles. The first-order chi connectivity index (χ1) is 11.8. The number of hydrogen-bond donors (Lipinski definition) is 1. The molecule has 8 heteroatoms. The van der Waals surface area contributed by atoms with Crippen LogP contribution in [0.2, 0.25) is 0 Å². The van der Waals surface area contributed by atoms with Gasteiger partial charge in [-0.05, 0) is 31.9 Å². The molecule has 1 aliphatic rings. The summed E-state index contributed by atoms with van der Waals surface area (Å²) in [5, 5.41) is 3.74. The molecule has 2 atom stereocenters. The number of rotatable bonds is 5. The minimum Gasteiger partial charge on any atom is -0.493 e. The van der Waals surface area contributed by atoms with Gasteiger partial charge in [-0.2, -0.15) is 4.31 Å². The predicted octanol–water partition coefficient (Wildman–Crippen LogP) is 2.04. The van der Waals surface area contributed by atoms with E-state index in [4.69, 9.17) is 9.15 Å². The SMILES string of the molecule is COc1cccc2cc([C@@H](C)NC(=O)[C@H]3CCCN3S(C)(=O)=O)oc12. The summed E-state index contributed by atoms with van der Waals surface area (Å²) >= 11 is 0. The Morgan fingerprint density at radius 2 is 2.20 bits per heavy atom. The van der Waals surface area contributed by atoms with Crippen molar-refractivity contribution in [3.63, 3.8) is 0 Å². The summed E-state index contributed by atoms with van der Waals surface area (Å²) < 4.78 is 36.0. The summed E-state index contributed by atoms with van der Waals surface area (Å²) in [6.07, 6.45) is 2.34. The van der Waals surface area contributed by atoms with Crippen LogP contribution in [0.4, 0.5) is 0 Å². The number of ether oxygens (including phenoxy) is 1. The van der Waals surface area contributed by atoms with Crippen molar-refractivity contribution >= 4 is 26.9 Å². The van der Waals surface area contributed by atoms with E-state index in [1.807, 2.05) is 25.1 Å². The quantitative estimate of drug-likeness (QED) is 0.875. The van der Waals surface area contributed by atoms with E-state index in [2.05, 4.69) is 5.32 Å². The fourth-order valence-electron chi connectivity index (χ4n) is 3.21. The molecule has 0 radical (unpaired) electrons. The van der Waals surface area contributed by atoms with Gasteiger partial charge in [0.25, 0.3) is 0 Å². The predicted molar refractivity (Wildman–Crippen MR) is 93.9 cm³/mol. The summed E-state index contributed by atoms with van der Waals surface area (Å²) in [6.45, 7) is 2.19. The van der Waals surface area contributed by atoms with Crippen molar-refractivity contribution in [2.75, 3.05) is 19.9 Å². The Bertz CT molecular complexity index is 890. The van der Waals surface area contributed by atoms with Crippen LogP contribution in [0.15, 0.2) is 28.7 Å². The van der Waals surface area contributed by atoms with Gasteiger partial charge in [0.05, 0.1) is 19.4 Å². The van der Waals surface area contributed by atoms with Crippen LogP contribution in [0, 0.1) is 0 Å². The monoisotopic (exact) mass is 366 g/mol. The third-order valence-electron chi connectivity index (χ3n) is 4.46. The highest BCUT2D eigenvalue weighted by atomic mass is 32.2. The van der Waals surface area contributed by atoms with Crippen molar-refractivity contribution in [2.24, 2.45) is 0 Å². The highest BCUT2D eigenvalue weighted by molar-refractivity contribution is 7.88. The van der Waals surface area contributed by atoms with Gasteiger partial charge < -0.3 is 14.5 Å². The van der Waals surface area contributed by atoms with Gasteiger partial charge in [-0.25, -0.2) is 8.42 Å². The van der Waals surface area contributed by atoms with Crippen molar-refractivity contribution < 1.29 is 22.4 Å². The number of sulfonamides is 1. The number of hydrogen-bond acceptors (Lipinski definition) is 5. The maximum atomic E-state index is 12.5. The van der Waals surface area contributed by atoms with E-state index in [1.165, 1.54) is 4.31 Å². The molecular formula is C17H22N2O5S. The minimum absolute atomic E-state index is 0.303. The molecule has 0 bridgehead atoms. The van der Waals surface area contributed by atoms with Crippen molar-refractivity contribution in [2.45, 2.75) is 31.8 Å². The van der Waals surface area contributed by atoms with Gasteiger partial charge in [0.15, 0.2) is 11.3 Å².